The van der Waals surface area contributed by atoms with Crippen molar-refractivity contribution in [3.63, 3.8) is 0 Å². The Balaban J connectivity index is 2.19. The number of hydrogen-bond acceptors (Lipinski definition) is 2. The fourth-order valence-electron chi connectivity index (χ4n) is 2.00. The van der Waals surface area contributed by atoms with Crippen molar-refractivity contribution in [3.05, 3.63) is 29.8 Å². The van der Waals surface area contributed by atoms with E-state index in [-0.39, 0.29) is 6.04 Å². The van der Waals surface area contributed by atoms with Gasteiger partial charge in [-0.2, -0.15) is 4.31 Å². The van der Waals surface area contributed by atoms with E-state index in [1.165, 1.54) is 0 Å². The summed E-state index contributed by atoms with van der Waals surface area (Å²) in [6, 6.07) is 7.27. The summed E-state index contributed by atoms with van der Waals surface area (Å²) >= 11 is 0. The number of nitrogens with zero attached hydrogens (tertiary/aromatic N) is 1. The summed E-state index contributed by atoms with van der Waals surface area (Å²) < 4.78 is 26.1. The van der Waals surface area contributed by atoms with Crippen LogP contribution in [-0.4, -0.2) is 25.3 Å². The molecule has 0 radical (unpaired) electrons. The van der Waals surface area contributed by atoms with E-state index in [2.05, 4.69) is 13.8 Å². The largest absolute Gasteiger partial charge is 0.243 e. The van der Waals surface area contributed by atoms with E-state index in [1.807, 2.05) is 19.1 Å². The van der Waals surface area contributed by atoms with E-state index in [9.17, 15) is 8.42 Å². The molecule has 1 heterocycles. The van der Waals surface area contributed by atoms with Gasteiger partial charge in [0.15, 0.2) is 0 Å². The number of benzene rings is 1. The Hall–Kier alpha value is -0.870. The lowest BCUT2D eigenvalue weighted by atomic mass is 10.1. The average Bonchev–Trinajstić information content (AvgIpc) is 3.09. The molecule has 1 aromatic carbocycles. The van der Waals surface area contributed by atoms with Crippen molar-refractivity contribution in [2.45, 2.75) is 38.1 Å². The predicted molar refractivity (Wildman–Crippen MR) is 68.3 cm³/mol. The lowest BCUT2D eigenvalue weighted by Gasteiger charge is -2.10. The fraction of sp³-hybridized carbons (Fsp3) is 0.538. The summed E-state index contributed by atoms with van der Waals surface area (Å²) in [5.74, 6) is 0.440. The van der Waals surface area contributed by atoms with E-state index in [4.69, 9.17) is 0 Å². The molecule has 1 aliphatic rings. The normalized spacial score (nSPS) is 25.6. The smallest absolute Gasteiger partial charge is 0.207 e. The Labute approximate surface area is 104 Å². The second-order valence-electron chi connectivity index (χ2n) is 4.84. The van der Waals surface area contributed by atoms with Crippen LogP contribution in [-0.2, 0) is 10.0 Å². The number of aryl methyl sites for hydroxylation is 1. The Bertz CT molecular complexity index is 493. The van der Waals surface area contributed by atoms with Crippen LogP contribution in [0.15, 0.2) is 29.2 Å². The molecular formula is C13H19NO2S. The monoisotopic (exact) mass is 253 g/mol. The molecular weight excluding hydrogens is 234 g/mol. The minimum absolute atomic E-state index is 0.200. The third-order valence-electron chi connectivity index (χ3n) is 3.53. The van der Waals surface area contributed by atoms with E-state index in [0.29, 0.717) is 17.4 Å². The molecule has 0 spiro atoms. The summed E-state index contributed by atoms with van der Waals surface area (Å²) in [7, 11) is -3.25. The van der Waals surface area contributed by atoms with Crippen LogP contribution in [0.3, 0.4) is 0 Å². The standard InChI is InChI=1S/C13H19NO2S/c1-4-11(3)13-9-14(13)17(15,16)12-7-5-10(2)6-8-12/h5-8,11,13H,4,9H2,1-3H3. The molecule has 1 aromatic rings. The highest BCUT2D eigenvalue weighted by molar-refractivity contribution is 7.89. The van der Waals surface area contributed by atoms with Gasteiger partial charge in [0, 0.05) is 12.6 Å². The van der Waals surface area contributed by atoms with E-state index >= 15 is 0 Å². The highest BCUT2D eigenvalue weighted by Crippen LogP contribution is 2.34. The van der Waals surface area contributed by atoms with Crippen LogP contribution in [0, 0.1) is 12.8 Å². The molecule has 0 N–H and O–H groups in total. The lowest BCUT2D eigenvalue weighted by Crippen LogP contribution is -2.17. The first kappa shape index (κ1) is 12.6. The fourth-order valence-corrected chi connectivity index (χ4v) is 3.66. The van der Waals surface area contributed by atoms with Crippen LogP contribution < -0.4 is 0 Å². The number of sulfonamides is 1. The summed E-state index contributed by atoms with van der Waals surface area (Å²) in [6.07, 6.45) is 1.02. The first-order valence-electron chi connectivity index (χ1n) is 6.05. The maximum atomic E-state index is 12.3. The molecule has 94 valence electrons. The molecule has 0 bridgehead atoms. The molecule has 4 heteroatoms. The zero-order chi connectivity index (χ0) is 12.6. The van der Waals surface area contributed by atoms with E-state index < -0.39 is 10.0 Å². The highest BCUT2D eigenvalue weighted by Gasteiger charge is 2.46. The molecule has 0 amide bonds. The van der Waals surface area contributed by atoms with Gasteiger partial charge in [-0.05, 0) is 25.0 Å². The van der Waals surface area contributed by atoms with Crippen molar-refractivity contribution < 1.29 is 8.42 Å². The van der Waals surface area contributed by atoms with Gasteiger partial charge in [0.2, 0.25) is 10.0 Å². The SMILES string of the molecule is CCC(C)C1CN1S(=O)(=O)c1ccc(C)cc1. The maximum Gasteiger partial charge on any atom is 0.243 e. The summed E-state index contributed by atoms with van der Waals surface area (Å²) in [5, 5.41) is 0. The minimum Gasteiger partial charge on any atom is -0.207 e. The molecule has 0 aromatic heterocycles. The number of hydrogen-bond donors (Lipinski definition) is 0. The van der Waals surface area contributed by atoms with Gasteiger partial charge in [-0.25, -0.2) is 8.42 Å². The van der Waals surface area contributed by atoms with Gasteiger partial charge in [0.1, 0.15) is 0 Å². The molecule has 3 nitrogen and oxygen atoms in total. The van der Waals surface area contributed by atoms with Crippen LogP contribution in [0.25, 0.3) is 0 Å². The van der Waals surface area contributed by atoms with Crippen molar-refractivity contribution in [1.82, 2.24) is 4.31 Å². The third kappa shape index (κ3) is 2.38. The Morgan fingerprint density at radius 2 is 1.94 bits per heavy atom. The van der Waals surface area contributed by atoms with Crippen molar-refractivity contribution in [2.75, 3.05) is 6.54 Å². The Kier molecular flexibility index (Phi) is 3.27. The molecule has 3 atom stereocenters. The molecule has 1 saturated heterocycles. The molecule has 0 saturated carbocycles. The molecule has 17 heavy (non-hydrogen) atoms. The Morgan fingerprint density at radius 3 is 2.47 bits per heavy atom. The molecule has 0 aliphatic carbocycles. The second kappa shape index (κ2) is 4.42. The molecule has 3 unspecified atom stereocenters. The Morgan fingerprint density at radius 1 is 1.35 bits per heavy atom. The van der Waals surface area contributed by atoms with Gasteiger partial charge in [0.05, 0.1) is 4.90 Å². The second-order valence-corrected chi connectivity index (χ2v) is 6.73. The van der Waals surface area contributed by atoms with Gasteiger partial charge < -0.3 is 0 Å². The molecule has 1 aliphatic heterocycles. The maximum absolute atomic E-state index is 12.3. The lowest BCUT2D eigenvalue weighted by molar-refractivity contribution is 0.485. The van der Waals surface area contributed by atoms with Gasteiger partial charge in [-0.15, -0.1) is 0 Å². The highest BCUT2D eigenvalue weighted by atomic mass is 32.2. The van der Waals surface area contributed by atoms with Gasteiger partial charge in [0.25, 0.3) is 0 Å². The minimum atomic E-state index is -3.25. The first-order chi connectivity index (χ1) is 7.96. The van der Waals surface area contributed by atoms with Crippen LogP contribution in [0.4, 0.5) is 0 Å². The van der Waals surface area contributed by atoms with Crippen LogP contribution >= 0.6 is 0 Å². The quantitative estimate of drug-likeness (QED) is 0.773. The van der Waals surface area contributed by atoms with Crippen molar-refractivity contribution in [3.8, 4) is 0 Å². The van der Waals surface area contributed by atoms with Gasteiger partial charge in [-0.3, -0.25) is 0 Å². The topological polar surface area (TPSA) is 37.1 Å². The summed E-state index contributed by atoms with van der Waals surface area (Å²) in [6.45, 7) is 6.83. The number of rotatable bonds is 4. The van der Waals surface area contributed by atoms with Gasteiger partial charge >= 0.3 is 0 Å². The van der Waals surface area contributed by atoms with Crippen molar-refractivity contribution in [2.24, 2.45) is 5.92 Å². The van der Waals surface area contributed by atoms with Crippen molar-refractivity contribution >= 4 is 10.0 Å². The molecule has 2 rings (SSSR count). The molecule has 1 fully saturated rings. The third-order valence-corrected chi connectivity index (χ3v) is 5.44. The van der Waals surface area contributed by atoms with Crippen LogP contribution in [0.5, 0.6) is 0 Å². The zero-order valence-electron chi connectivity index (χ0n) is 10.6. The summed E-state index contributed by atoms with van der Waals surface area (Å²) in [5.41, 5.74) is 1.08. The summed E-state index contributed by atoms with van der Waals surface area (Å²) in [4.78, 5) is 0.411. The van der Waals surface area contributed by atoms with Crippen molar-refractivity contribution in [1.29, 1.82) is 0 Å². The van der Waals surface area contributed by atoms with Gasteiger partial charge in [-0.1, -0.05) is 38.0 Å². The van der Waals surface area contributed by atoms with E-state index in [0.717, 1.165) is 12.0 Å². The van der Waals surface area contributed by atoms with Crippen LogP contribution in [0.1, 0.15) is 25.8 Å². The van der Waals surface area contributed by atoms with E-state index in [1.54, 1.807) is 16.4 Å². The predicted octanol–water partition coefficient (Wildman–Crippen LogP) is 2.41. The van der Waals surface area contributed by atoms with Crippen LogP contribution in [0.2, 0.25) is 0 Å². The first-order valence-corrected chi connectivity index (χ1v) is 7.49. The zero-order valence-corrected chi connectivity index (χ0v) is 11.4. The average molecular weight is 253 g/mol.